The molecule has 0 spiro atoms. The Morgan fingerprint density at radius 1 is 1.25 bits per heavy atom. The minimum atomic E-state index is -1.08. The van der Waals surface area contributed by atoms with Gasteiger partial charge in [-0.1, -0.05) is 24.3 Å². The zero-order chi connectivity index (χ0) is 17.1. The van der Waals surface area contributed by atoms with Crippen molar-refractivity contribution in [2.75, 3.05) is 18.2 Å². The molecule has 2 aromatic carbocycles. The maximum absolute atomic E-state index is 12.2. The molecule has 1 aliphatic rings. The van der Waals surface area contributed by atoms with Crippen molar-refractivity contribution in [1.29, 1.82) is 0 Å². The van der Waals surface area contributed by atoms with Crippen molar-refractivity contribution in [3.8, 4) is 5.75 Å². The average molecular weight is 344 g/mol. The molecule has 0 fully saturated rings. The van der Waals surface area contributed by atoms with E-state index in [4.69, 9.17) is 4.74 Å². The molecule has 126 valence electrons. The van der Waals surface area contributed by atoms with Gasteiger partial charge in [-0.25, -0.2) is 4.79 Å². The summed E-state index contributed by atoms with van der Waals surface area (Å²) in [5, 5.41) is 5.74. The zero-order valence-electron chi connectivity index (χ0n) is 13.6. The van der Waals surface area contributed by atoms with Crippen LogP contribution in [0.4, 0.5) is 10.5 Å². The van der Waals surface area contributed by atoms with Crippen LogP contribution in [0.5, 0.6) is 5.75 Å². The van der Waals surface area contributed by atoms with Crippen LogP contribution in [0.1, 0.15) is 18.4 Å². The van der Waals surface area contributed by atoms with Gasteiger partial charge in [0, 0.05) is 45.2 Å². The lowest BCUT2D eigenvalue weighted by Crippen LogP contribution is -2.40. The van der Waals surface area contributed by atoms with E-state index >= 15 is 0 Å². The Balaban J connectivity index is 1.63. The molecule has 24 heavy (non-hydrogen) atoms. The van der Waals surface area contributed by atoms with Crippen LogP contribution >= 0.6 is 0 Å². The summed E-state index contributed by atoms with van der Waals surface area (Å²) >= 11 is 0. The quantitative estimate of drug-likeness (QED) is 0.895. The van der Waals surface area contributed by atoms with Crippen molar-refractivity contribution in [1.82, 2.24) is 5.32 Å². The van der Waals surface area contributed by atoms with Crippen LogP contribution in [0.15, 0.2) is 53.4 Å². The number of hydrogen-bond donors (Lipinski definition) is 2. The Bertz CT molecular complexity index is 778. The van der Waals surface area contributed by atoms with E-state index < -0.39 is 10.8 Å². The van der Waals surface area contributed by atoms with Crippen LogP contribution in [0.2, 0.25) is 0 Å². The van der Waals surface area contributed by atoms with Crippen molar-refractivity contribution < 1.29 is 13.7 Å². The number of urea groups is 1. The molecule has 2 N–H and O–H groups in total. The maximum atomic E-state index is 12.2. The Morgan fingerprint density at radius 3 is 2.83 bits per heavy atom. The fourth-order valence-corrected chi connectivity index (χ4v) is 3.39. The van der Waals surface area contributed by atoms with E-state index in [1.165, 1.54) is 0 Å². The van der Waals surface area contributed by atoms with Gasteiger partial charge in [-0.2, -0.15) is 0 Å². The lowest BCUT2D eigenvalue weighted by Gasteiger charge is -2.20. The number of benzene rings is 2. The van der Waals surface area contributed by atoms with Gasteiger partial charge >= 0.3 is 6.03 Å². The number of hydrogen-bond acceptors (Lipinski definition) is 3. The number of rotatable bonds is 4. The Hall–Kier alpha value is -2.34. The highest BCUT2D eigenvalue weighted by Crippen LogP contribution is 2.35. The molecule has 3 rings (SSSR count). The molecule has 0 saturated heterocycles. The fraction of sp³-hybridized carbons (Fsp3) is 0.278. The molecule has 0 radical (unpaired) electrons. The first kappa shape index (κ1) is 16.5. The van der Waals surface area contributed by atoms with E-state index in [0.717, 1.165) is 11.3 Å². The monoisotopic (exact) mass is 344 g/mol. The Kier molecular flexibility index (Phi) is 4.85. The summed E-state index contributed by atoms with van der Waals surface area (Å²) in [5.74, 6) is 1.01. The number of anilines is 1. The van der Waals surface area contributed by atoms with E-state index in [9.17, 15) is 9.00 Å². The molecule has 0 aliphatic carbocycles. The van der Waals surface area contributed by atoms with Crippen LogP contribution in [0.25, 0.3) is 0 Å². The smallest absolute Gasteiger partial charge is 0.319 e. The van der Waals surface area contributed by atoms with Crippen LogP contribution in [-0.2, 0) is 10.8 Å². The second kappa shape index (κ2) is 7.05. The number of carbonyl (C=O) groups is 1. The summed E-state index contributed by atoms with van der Waals surface area (Å²) in [6.45, 7) is 2.53. The van der Waals surface area contributed by atoms with Gasteiger partial charge in [-0.05, 0) is 31.2 Å². The number of carbonyl (C=O) groups excluding carboxylic acids is 1. The highest BCUT2D eigenvalue weighted by Gasteiger charge is 2.29. The molecule has 3 atom stereocenters. The van der Waals surface area contributed by atoms with Crippen LogP contribution in [-0.4, -0.2) is 29.1 Å². The molecule has 1 aliphatic heterocycles. The predicted octanol–water partition coefficient (Wildman–Crippen LogP) is 3.11. The molecule has 2 amide bonds. The molecular weight excluding hydrogens is 324 g/mol. The first-order valence-corrected chi connectivity index (χ1v) is 9.33. The van der Waals surface area contributed by atoms with Gasteiger partial charge in [-0.3, -0.25) is 4.21 Å². The fourth-order valence-electron chi connectivity index (χ4n) is 2.83. The van der Waals surface area contributed by atoms with Gasteiger partial charge in [0.2, 0.25) is 0 Å². The Labute approximate surface area is 143 Å². The summed E-state index contributed by atoms with van der Waals surface area (Å²) < 4.78 is 17.2. The number of ether oxygens (including phenoxy) is 1. The minimum Gasteiger partial charge on any atom is -0.493 e. The summed E-state index contributed by atoms with van der Waals surface area (Å²) in [5.41, 5.74) is 1.74. The lowest BCUT2D eigenvalue weighted by atomic mass is 9.94. The molecule has 0 saturated carbocycles. The highest BCUT2D eigenvalue weighted by molar-refractivity contribution is 7.84. The molecule has 6 heteroatoms. The van der Waals surface area contributed by atoms with Crippen molar-refractivity contribution in [3.63, 3.8) is 0 Å². The second-order valence-electron chi connectivity index (χ2n) is 5.82. The van der Waals surface area contributed by atoms with Gasteiger partial charge in [-0.15, -0.1) is 0 Å². The molecule has 2 aromatic rings. The molecule has 5 nitrogen and oxygen atoms in total. The first-order valence-electron chi connectivity index (χ1n) is 7.77. The molecule has 0 bridgehead atoms. The van der Waals surface area contributed by atoms with Crippen molar-refractivity contribution >= 4 is 22.5 Å². The largest absolute Gasteiger partial charge is 0.493 e. The third-order valence-corrected chi connectivity index (χ3v) is 5.04. The van der Waals surface area contributed by atoms with Gasteiger partial charge in [0.25, 0.3) is 0 Å². The highest BCUT2D eigenvalue weighted by atomic mass is 32.2. The van der Waals surface area contributed by atoms with Gasteiger partial charge in [0.1, 0.15) is 5.75 Å². The lowest BCUT2D eigenvalue weighted by molar-refractivity contribution is 0.244. The predicted molar refractivity (Wildman–Crippen MR) is 95.1 cm³/mol. The molecular formula is C18H20N2O3S. The SMILES string of the molecule is C[C@H](NC(=O)Nc1cccc([S@@](C)=O)c1)[C@@H]1COc2ccccc21. The molecule has 1 heterocycles. The van der Waals surface area contributed by atoms with Crippen molar-refractivity contribution in [2.24, 2.45) is 0 Å². The Morgan fingerprint density at radius 2 is 2.04 bits per heavy atom. The van der Waals surface area contributed by atoms with E-state index in [1.54, 1.807) is 30.5 Å². The zero-order valence-corrected chi connectivity index (χ0v) is 14.4. The van der Waals surface area contributed by atoms with Crippen LogP contribution < -0.4 is 15.4 Å². The van der Waals surface area contributed by atoms with Crippen molar-refractivity contribution in [3.05, 3.63) is 54.1 Å². The third kappa shape index (κ3) is 3.59. The molecule has 0 unspecified atom stereocenters. The number of fused-ring (bicyclic) bond motifs is 1. The molecule has 0 aromatic heterocycles. The van der Waals surface area contributed by atoms with Gasteiger partial charge < -0.3 is 15.4 Å². The van der Waals surface area contributed by atoms with E-state index in [1.807, 2.05) is 31.2 Å². The third-order valence-electron chi connectivity index (χ3n) is 4.12. The number of para-hydroxylation sites is 1. The topological polar surface area (TPSA) is 67.4 Å². The first-order chi connectivity index (χ1) is 11.5. The minimum absolute atomic E-state index is 0.0721. The van der Waals surface area contributed by atoms with E-state index in [0.29, 0.717) is 17.2 Å². The van der Waals surface area contributed by atoms with E-state index in [2.05, 4.69) is 10.6 Å². The standard InChI is InChI=1S/C18H20N2O3S/c1-12(16-11-23-17-9-4-3-8-15(16)17)19-18(21)20-13-6-5-7-14(10-13)24(2)22/h3-10,12,16H,11H2,1-2H3,(H2,19,20,21)/t12-,16-,24+/m0/s1. The van der Waals surface area contributed by atoms with Gasteiger partial charge in [0.15, 0.2) is 0 Å². The summed E-state index contributed by atoms with van der Waals surface area (Å²) in [7, 11) is -1.08. The maximum Gasteiger partial charge on any atom is 0.319 e. The summed E-state index contributed by atoms with van der Waals surface area (Å²) in [4.78, 5) is 12.9. The van der Waals surface area contributed by atoms with Crippen LogP contribution in [0.3, 0.4) is 0 Å². The second-order valence-corrected chi connectivity index (χ2v) is 7.20. The van der Waals surface area contributed by atoms with Crippen LogP contribution in [0, 0.1) is 0 Å². The van der Waals surface area contributed by atoms with E-state index in [-0.39, 0.29) is 18.0 Å². The summed E-state index contributed by atoms with van der Waals surface area (Å²) in [6.07, 6.45) is 1.61. The number of amides is 2. The number of nitrogens with one attached hydrogen (secondary N) is 2. The summed E-state index contributed by atoms with van der Waals surface area (Å²) in [6, 6.07) is 14.6. The van der Waals surface area contributed by atoms with Crippen molar-refractivity contribution in [2.45, 2.75) is 23.8 Å². The van der Waals surface area contributed by atoms with Gasteiger partial charge in [0.05, 0.1) is 6.61 Å². The normalized spacial score (nSPS) is 18.2. The average Bonchev–Trinajstić information content (AvgIpc) is 2.99.